The van der Waals surface area contributed by atoms with Crippen LogP contribution in [0.25, 0.3) is 0 Å². The van der Waals surface area contributed by atoms with Gasteiger partial charge in [-0.1, -0.05) is 26.7 Å². The van der Waals surface area contributed by atoms with Crippen LogP contribution in [0.4, 0.5) is 0 Å². The van der Waals surface area contributed by atoms with Crippen molar-refractivity contribution in [3.63, 3.8) is 0 Å². The van der Waals surface area contributed by atoms with E-state index in [4.69, 9.17) is 11.6 Å². The number of halogens is 1. The first-order valence-electron chi connectivity index (χ1n) is 7.46. The minimum Gasteiger partial charge on any atom is -0.338 e. The monoisotopic (exact) mass is 271 g/mol. The fourth-order valence-corrected chi connectivity index (χ4v) is 3.75. The van der Waals surface area contributed by atoms with Gasteiger partial charge in [0, 0.05) is 23.9 Å². The third kappa shape index (κ3) is 3.01. The van der Waals surface area contributed by atoms with Crippen molar-refractivity contribution in [2.75, 3.05) is 12.4 Å². The van der Waals surface area contributed by atoms with Gasteiger partial charge >= 0.3 is 0 Å². The summed E-state index contributed by atoms with van der Waals surface area (Å²) in [5.41, 5.74) is -0.0528. The molecule has 0 saturated heterocycles. The summed E-state index contributed by atoms with van der Waals surface area (Å²) in [5.74, 6) is 1.58. The zero-order valence-corrected chi connectivity index (χ0v) is 12.5. The van der Waals surface area contributed by atoms with E-state index in [1.807, 2.05) is 0 Å². The van der Waals surface area contributed by atoms with E-state index in [0.717, 1.165) is 25.8 Å². The molecule has 1 amide bonds. The van der Waals surface area contributed by atoms with Crippen molar-refractivity contribution in [1.82, 2.24) is 4.90 Å². The van der Waals surface area contributed by atoms with Crippen molar-refractivity contribution >= 4 is 17.5 Å². The number of carbonyl (C=O) groups excluding carboxylic acids is 1. The highest BCUT2D eigenvalue weighted by atomic mass is 35.5. The molecule has 0 atom stereocenters. The Hall–Kier alpha value is -0.240. The summed E-state index contributed by atoms with van der Waals surface area (Å²) >= 11 is 5.88. The molecule has 0 aromatic heterocycles. The van der Waals surface area contributed by atoms with Gasteiger partial charge in [-0.05, 0) is 38.0 Å². The van der Waals surface area contributed by atoms with Crippen LogP contribution in [-0.4, -0.2) is 29.3 Å². The minimum absolute atomic E-state index is 0.0528. The van der Waals surface area contributed by atoms with Gasteiger partial charge in [-0.15, -0.1) is 11.6 Å². The molecule has 0 radical (unpaired) electrons. The summed E-state index contributed by atoms with van der Waals surface area (Å²) < 4.78 is 0. The highest BCUT2D eigenvalue weighted by molar-refractivity contribution is 6.18. The van der Waals surface area contributed by atoms with Crippen LogP contribution < -0.4 is 0 Å². The smallest absolute Gasteiger partial charge is 0.229 e. The normalized spacial score (nSPS) is 22.4. The van der Waals surface area contributed by atoms with Gasteiger partial charge in [-0.3, -0.25) is 4.79 Å². The van der Waals surface area contributed by atoms with E-state index >= 15 is 0 Å². The van der Waals surface area contributed by atoms with E-state index in [-0.39, 0.29) is 5.41 Å². The zero-order chi connectivity index (χ0) is 13.2. The standard InChI is InChI=1S/C15H26ClNO/c1-12(2)11-15(7-3-4-8-15)14(18)17(10-9-16)13-5-6-13/h12-13H,3-11H2,1-2H3. The molecule has 18 heavy (non-hydrogen) atoms. The first-order chi connectivity index (χ1) is 8.59. The predicted molar refractivity (Wildman–Crippen MR) is 75.8 cm³/mol. The van der Waals surface area contributed by atoms with Gasteiger partial charge in [0.05, 0.1) is 0 Å². The molecule has 0 unspecified atom stereocenters. The van der Waals surface area contributed by atoms with Crippen molar-refractivity contribution in [3.8, 4) is 0 Å². The zero-order valence-electron chi connectivity index (χ0n) is 11.8. The molecule has 0 N–H and O–H groups in total. The van der Waals surface area contributed by atoms with Gasteiger partial charge in [0.1, 0.15) is 0 Å². The van der Waals surface area contributed by atoms with E-state index in [9.17, 15) is 4.79 Å². The molecule has 0 aliphatic heterocycles. The number of amides is 1. The van der Waals surface area contributed by atoms with Crippen LogP contribution in [0.1, 0.15) is 58.8 Å². The second-order valence-electron chi connectivity index (χ2n) is 6.50. The lowest BCUT2D eigenvalue weighted by molar-refractivity contribution is -0.143. The quantitative estimate of drug-likeness (QED) is 0.673. The molecular weight excluding hydrogens is 246 g/mol. The third-order valence-electron chi connectivity index (χ3n) is 4.39. The van der Waals surface area contributed by atoms with E-state index in [1.54, 1.807) is 0 Å². The molecule has 2 saturated carbocycles. The number of carbonyl (C=O) groups is 1. The fraction of sp³-hybridized carbons (Fsp3) is 0.933. The summed E-state index contributed by atoms with van der Waals surface area (Å²) in [6, 6.07) is 0.501. The third-order valence-corrected chi connectivity index (χ3v) is 4.56. The molecule has 104 valence electrons. The molecule has 0 aromatic carbocycles. The van der Waals surface area contributed by atoms with Crippen molar-refractivity contribution in [1.29, 1.82) is 0 Å². The lowest BCUT2D eigenvalue weighted by Gasteiger charge is -2.35. The maximum atomic E-state index is 12.9. The molecule has 0 heterocycles. The van der Waals surface area contributed by atoms with Crippen LogP contribution in [0.2, 0.25) is 0 Å². The lowest BCUT2D eigenvalue weighted by Crippen LogP contribution is -2.45. The van der Waals surface area contributed by atoms with Gasteiger partial charge in [0.25, 0.3) is 0 Å². The van der Waals surface area contributed by atoms with Crippen molar-refractivity contribution in [3.05, 3.63) is 0 Å². The lowest BCUT2D eigenvalue weighted by atomic mass is 9.77. The van der Waals surface area contributed by atoms with Gasteiger partial charge in [-0.25, -0.2) is 0 Å². The summed E-state index contributed by atoms with van der Waals surface area (Å²) in [5, 5.41) is 0. The van der Waals surface area contributed by atoms with Crippen LogP contribution >= 0.6 is 11.6 Å². The molecule has 2 aliphatic rings. The maximum Gasteiger partial charge on any atom is 0.229 e. The Kier molecular flexibility index (Phi) is 4.58. The average molecular weight is 272 g/mol. The topological polar surface area (TPSA) is 20.3 Å². The fourth-order valence-electron chi connectivity index (χ4n) is 3.57. The highest BCUT2D eigenvalue weighted by Gasteiger charge is 2.46. The van der Waals surface area contributed by atoms with E-state index in [1.165, 1.54) is 25.7 Å². The van der Waals surface area contributed by atoms with Crippen molar-refractivity contribution < 1.29 is 4.79 Å². The Morgan fingerprint density at radius 2 is 1.94 bits per heavy atom. The van der Waals surface area contributed by atoms with Crippen LogP contribution in [-0.2, 0) is 4.79 Å². The molecule has 2 rings (SSSR count). The van der Waals surface area contributed by atoms with Crippen molar-refractivity contribution in [2.45, 2.75) is 64.8 Å². The van der Waals surface area contributed by atoms with Gasteiger partial charge in [0.2, 0.25) is 5.91 Å². The van der Waals surface area contributed by atoms with Crippen LogP contribution in [0.15, 0.2) is 0 Å². The van der Waals surface area contributed by atoms with Gasteiger partial charge in [0.15, 0.2) is 0 Å². The Balaban J connectivity index is 2.10. The van der Waals surface area contributed by atoms with Gasteiger partial charge < -0.3 is 4.90 Å². The number of rotatable bonds is 6. The number of hydrogen-bond donors (Lipinski definition) is 0. The minimum atomic E-state index is -0.0528. The molecule has 0 spiro atoms. The number of alkyl halides is 1. The second kappa shape index (κ2) is 5.81. The average Bonchev–Trinajstić information content (AvgIpc) is 3.05. The molecule has 2 aliphatic carbocycles. The number of hydrogen-bond acceptors (Lipinski definition) is 1. The maximum absolute atomic E-state index is 12.9. The van der Waals surface area contributed by atoms with Crippen molar-refractivity contribution in [2.24, 2.45) is 11.3 Å². The number of nitrogens with zero attached hydrogens (tertiary/aromatic N) is 1. The predicted octanol–water partition coefficient (Wildman–Crippen LogP) is 3.82. The first kappa shape index (κ1) is 14.2. The van der Waals surface area contributed by atoms with E-state index in [0.29, 0.717) is 23.7 Å². The summed E-state index contributed by atoms with van der Waals surface area (Å²) in [7, 11) is 0. The van der Waals surface area contributed by atoms with E-state index < -0.39 is 0 Å². The second-order valence-corrected chi connectivity index (χ2v) is 6.88. The molecule has 0 aromatic rings. The molecule has 2 nitrogen and oxygen atoms in total. The molecular formula is C15H26ClNO. The summed E-state index contributed by atoms with van der Waals surface area (Å²) in [6.07, 6.45) is 8.04. The Morgan fingerprint density at radius 1 is 1.33 bits per heavy atom. The molecule has 2 fully saturated rings. The van der Waals surface area contributed by atoms with Crippen LogP contribution in [0, 0.1) is 11.3 Å². The summed E-state index contributed by atoms with van der Waals surface area (Å²) in [4.78, 5) is 15.0. The largest absolute Gasteiger partial charge is 0.338 e. The SMILES string of the molecule is CC(C)CC1(C(=O)N(CCCl)C2CC2)CCCC1. The Bertz CT molecular complexity index is 293. The van der Waals surface area contributed by atoms with Crippen LogP contribution in [0.5, 0.6) is 0 Å². The van der Waals surface area contributed by atoms with E-state index in [2.05, 4.69) is 18.7 Å². The highest BCUT2D eigenvalue weighted by Crippen LogP contribution is 2.46. The molecule has 0 bridgehead atoms. The molecule has 3 heteroatoms. The Labute approximate surface area is 116 Å². The van der Waals surface area contributed by atoms with Gasteiger partial charge in [-0.2, -0.15) is 0 Å². The van der Waals surface area contributed by atoms with Crippen LogP contribution in [0.3, 0.4) is 0 Å². The summed E-state index contributed by atoms with van der Waals surface area (Å²) in [6.45, 7) is 5.21. The first-order valence-corrected chi connectivity index (χ1v) is 7.99. The Morgan fingerprint density at radius 3 is 2.39 bits per heavy atom.